The third-order valence-electron chi connectivity index (χ3n) is 5.99. The summed E-state index contributed by atoms with van der Waals surface area (Å²) >= 11 is 0. The molecule has 5 nitrogen and oxygen atoms in total. The Morgan fingerprint density at radius 1 is 1.26 bits per heavy atom. The van der Waals surface area contributed by atoms with E-state index in [0.29, 0.717) is 5.76 Å². The molecule has 3 aliphatic heterocycles. The van der Waals surface area contributed by atoms with Crippen LogP contribution in [0, 0.1) is 0 Å². The van der Waals surface area contributed by atoms with E-state index < -0.39 is 6.10 Å². The van der Waals surface area contributed by atoms with Crippen LogP contribution in [0.4, 0.5) is 0 Å². The van der Waals surface area contributed by atoms with E-state index in [2.05, 4.69) is 23.1 Å². The molecule has 5 heteroatoms. The van der Waals surface area contributed by atoms with Crippen molar-refractivity contribution >= 4 is 0 Å². The second-order valence-corrected chi connectivity index (χ2v) is 6.91. The summed E-state index contributed by atoms with van der Waals surface area (Å²) in [4.78, 5) is 2.53. The molecule has 1 saturated heterocycles. The van der Waals surface area contributed by atoms with Gasteiger partial charge in [-0.15, -0.1) is 0 Å². The fraction of sp³-hybridized carbons (Fsp3) is 0.556. The summed E-state index contributed by atoms with van der Waals surface area (Å²) in [5.74, 6) is 2.33. The number of hydrogen-bond acceptors (Lipinski definition) is 5. The van der Waals surface area contributed by atoms with Crippen molar-refractivity contribution in [1.82, 2.24) is 4.90 Å². The number of aliphatic hydroxyl groups excluding tert-OH is 1. The average Bonchev–Trinajstić information content (AvgIpc) is 3.21. The highest BCUT2D eigenvalue weighted by Crippen LogP contribution is 2.54. The topological polar surface area (TPSA) is 51.2 Å². The molecule has 1 unspecified atom stereocenters. The normalized spacial score (nSPS) is 34.4. The van der Waals surface area contributed by atoms with Crippen LogP contribution in [0.15, 0.2) is 24.0 Å². The standard InChI is InChI=1S/C18H21NO4/c1-21-15-9-18-4-2-5-19(18)6-3-11-7-13-14(23-10-22-13)8-12(11)16(18)17(15)20/h7-9,16-17,20H,2-6,10H2,1H3/t16-,17-,18?/m0/s1. The zero-order valence-electron chi connectivity index (χ0n) is 13.2. The zero-order chi connectivity index (χ0) is 15.6. The lowest BCUT2D eigenvalue weighted by molar-refractivity contribution is 0.0782. The minimum absolute atomic E-state index is 0.00644. The van der Waals surface area contributed by atoms with Gasteiger partial charge in [0.05, 0.1) is 12.6 Å². The fourth-order valence-electron chi connectivity index (χ4n) is 4.99. The Labute approximate surface area is 135 Å². The second kappa shape index (κ2) is 4.65. The van der Waals surface area contributed by atoms with Crippen molar-refractivity contribution in [2.75, 3.05) is 27.0 Å². The van der Waals surface area contributed by atoms with Gasteiger partial charge in [0, 0.05) is 12.5 Å². The number of fused-ring (bicyclic) bond motifs is 3. The van der Waals surface area contributed by atoms with E-state index in [1.807, 2.05) is 0 Å². The number of methoxy groups -OCH3 is 1. The van der Waals surface area contributed by atoms with E-state index in [0.717, 1.165) is 43.9 Å². The fourth-order valence-corrected chi connectivity index (χ4v) is 4.99. The Hall–Kier alpha value is -1.72. The number of rotatable bonds is 1. The Kier molecular flexibility index (Phi) is 2.77. The molecule has 4 aliphatic rings. The van der Waals surface area contributed by atoms with Gasteiger partial charge in [-0.1, -0.05) is 0 Å². The summed E-state index contributed by atoms with van der Waals surface area (Å²) in [5, 5.41) is 11.0. The smallest absolute Gasteiger partial charge is 0.231 e. The van der Waals surface area contributed by atoms with Gasteiger partial charge >= 0.3 is 0 Å². The van der Waals surface area contributed by atoms with E-state index in [4.69, 9.17) is 14.2 Å². The molecule has 0 aromatic heterocycles. The molecule has 5 rings (SSSR count). The maximum absolute atomic E-state index is 11.0. The monoisotopic (exact) mass is 315 g/mol. The molecule has 0 bridgehead atoms. The highest BCUT2D eigenvalue weighted by molar-refractivity contribution is 5.54. The molecule has 1 aromatic carbocycles. The van der Waals surface area contributed by atoms with Crippen LogP contribution in [0.3, 0.4) is 0 Å². The van der Waals surface area contributed by atoms with Gasteiger partial charge in [0.15, 0.2) is 11.5 Å². The molecule has 1 spiro atoms. The van der Waals surface area contributed by atoms with Gasteiger partial charge < -0.3 is 19.3 Å². The van der Waals surface area contributed by atoms with Crippen molar-refractivity contribution in [3.05, 3.63) is 35.1 Å². The van der Waals surface area contributed by atoms with Crippen molar-refractivity contribution in [3.63, 3.8) is 0 Å². The third-order valence-corrected chi connectivity index (χ3v) is 5.99. The number of hydrogen-bond donors (Lipinski definition) is 1. The van der Waals surface area contributed by atoms with Crippen LogP contribution in [0.5, 0.6) is 11.5 Å². The van der Waals surface area contributed by atoms with E-state index in [9.17, 15) is 5.11 Å². The maximum atomic E-state index is 11.0. The molecule has 1 N–H and O–H groups in total. The lowest BCUT2D eigenvalue weighted by atomic mass is 9.78. The third kappa shape index (κ3) is 1.69. The molecule has 122 valence electrons. The lowest BCUT2D eigenvalue weighted by Crippen LogP contribution is -2.46. The minimum Gasteiger partial charge on any atom is -0.499 e. The van der Waals surface area contributed by atoms with Crippen LogP contribution >= 0.6 is 0 Å². The van der Waals surface area contributed by atoms with Crippen molar-refractivity contribution in [3.8, 4) is 11.5 Å². The Morgan fingerprint density at radius 3 is 2.91 bits per heavy atom. The Bertz CT molecular complexity index is 701. The molecule has 23 heavy (non-hydrogen) atoms. The number of benzene rings is 1. The first kappa shape index (κ1) is 13.7. The summed E-state index contributed by atoms with van der Waals surface area (Å²) in [5.41, 5.74) is 2.33. The molecular formula is C18H21NO4. The van der Waals surface area contributed by atoms with Gasteiger partial charge in [0.2, 0.25) is 6.79 Å². The van der Waals surface area contributed by atoms with Crippen molar-refractivity contribution in [1.29, 1.82) is 0 Å². The first-order valence-electron chi connectivity index (χ1n) is 8.35. The van der Waals surface area contributed by atoms with Gasteiger partial charge in [-0.25, -0.2) is 0 Å². The second-order valence-electron chi connectivity index (χ2n) is 6.91. The average molecular weight is 315 g/mol. The van der Waals surface area contributed by atoms with Crippen LogP contribution in [0.1, 0.15) is 29.9 Å². The van der Waals surface area contributed by atoms with Crippen LogP contribution in [-0.4, -0.2) is 48.6 Å². The largest absolute Gasteiger partial charge is 0.499 e. The molecule has 1 aromatic rings. The number of nitrogens with zero attached hydrogens (tertiary/aromatic N) is 1. The quantitative estimate of drug-likeness (QED) is 0.856. The van der Waals surface area contributed by atoms with Crippen LogP contribution in [0.25, 0.3) is 0 Å². The molecule has 1 aliphatic carbocycles. The number of aliphatic hydroxyl groups is 1. The summed E-state index contributed by atoms with van der Waals surface area (Å²) in [6.45, 7) is 2.37. The van der Waals surface area contributed by atoms with Gasteiger partial charge in [0.1, 0.15) is 11.9 Å². The highest BCUT2D eigenvalue weighted by Gasteiger charge is 2.56. The predicted octanol–water partition coefficient (Wildman–Crippen LogP) is 1.79. The first-order chi connectivity index (χ1) is 11.2. The van der Waals surface area contributed by atoms with E-state index in [-0.39, 0.29) is 18.2 Å². The predicted molar refractivity (Wildman–Crippen MR) is 83.6 cm³/mol. The SMILES string of the molecule is COC1=CC23CCCN2CCc2cc4c(cc2[C@H]3[C@H]1O)OCO4. The number of ether oxygens (including phenoxy) is 3. The molecule has 0 amide bonds. The van der Waals surface area contributed by atoms with Gasteiger partial charge in [-0.2, -0.15) is 0 Å². The molecule has 3 atom stereocenters. The maximum Gasteiger partial charge on any atom is 0.231 e. The minimum atomic E-state index is -0.599. The van der Waals surface area contributed by atoms with Crippen molar-refractivity contribution in [2.45, 2.75) is 36.8 Å². The summed E-state index contributed by atoms with van der Waals surface area (Å²) < 4.78 is 16.6. The Balaban J connectivity index is 1.70. The van der Waals surface area contributed by atoms with Crippen LogP contribution < -0.4 is 9.47 Å². The van der Waals surface area contributed by atoms with Crippen LogP contribution in [0.2, 0.25) is 0 Å². The van der Waals surface area contributed by atoms with Crippen LogP contribution in [-0.2, 0) is 11.2 Å². The zero-order valence-corrected chi connectivity index (χ0v) is 13.2. The highest BCUT2D eigenvalue weighted by atomic mass is 16.7. The molecule has 0 saturated carbocycles. The van der Waals surface area contributed by atoms with Gasteiger partial charge in [-0.05, 0) is 55.1 Å². The van der Waals surface area contributed by atoms with Gasteiger partial charge in [-0.3, -0.25) is 4.90 Å². The lowest BCUT2D eigenvalue weighted by Gasteiger charge is -2.38. The Morgan fingerprint density at radius 2 is 2.09 bits per heavy atom. The molecule has 3 heterocycles. The summed E-state index contributed by atoms with van der Waals surface area (Å²) in [6.07, 6.45) is 4.78. The van der Waals surface area contributed by atoms with Crippen molar-refractivity contribution in [2.24, 2.45) is 0 Å². The molecule has 1 fully saturated rings. The van der Waals surface area contributed by atoms with Gasteiger partial charge in [0.25, 0.3) is 0 Å². The first-order valence-corrected chi connectivity index (χ1v) is 8.35. The molecule has 0 radical (unpaired) electrons. The van der Waals surface area contributed by atoms with E-state index >= 15 is 0 Å². The summed E-state index contributed by atoms with van der Waals surface area (Å²) in [7, 11) is 1.65. The van der Waals surface area contributed by atoms with E-state index in [1.54, 1.807) is 7.11 Å². The molecular weight excluding hydrogens is 294 g/mol. The van der Waals surface area contributed by atoms with E-state index in [1.165, 1.54) is 11.1 Å². The van der Waals surface area contributed by atoms with Crippen molar-refractivity contribution < 1.29 is 19.3 Å². The summed E-state index contributed by atoms with van der Waals surface area (Å²) in [6, 6.07) is 4.19.